The highest BCUT2D eigenvalue weighted by molar-refractivity contribution is 5.93. The normalized spacial score (nSPS) is 17.4. The molecule has 0 bridgehead atoms. The number of aromatic nitrogens is 1. The van der Waals surface area contributed by atoms with Gasteiger partial charge in [-0.15, -0.1) is 0 Å². The lowest BCUT2D eigenvalue weighted by molar-refractivity contribution is 0.0695. The van der Waals surface area contributed by atoms with Crippen LogP contribution in [0.2, 0.25) is 0 Å². The SMILES string of the molecule is N#CCCCN1CCN(c2cc3c(cc2F)c(=O)c(C(=O)O)cn3C2CC2)CC1. The number of aromatic carboxylic acids is 1. The molecule has 2 heterocycles. The number of hydrogen-bond acceptors (Lipinski definition) is 5. The zero-order chi connectivity index (χ0) is 20.5. The van der Waals surface area contributed by atoms with Crippen molar-refractivity contribution in [1.82, 2.24) is 9.47 Å². The van der Waals surface area contributed by atoms with Crippen molar-refractivity contribution in [2.75, 3.05) is 37.6 Å². The van der Waals surface area contributed by atoms with Crippen molar-refractivity contribution in [2.24, 2.45) is 0 Å². The Morgan fingerprint density at radius 2 is 1.97 bits per heavy atom. The molecular weight excluding hydrogens is 375 g/mol. The molecule has 1 aliphatic carbocycles. The number of carboxylic acid groups (broad SMARTS) is 1. The average Bonchev–Trinajstić information content (AvgIpc) is 3.54. The smallest absolute Gasteiger partial charge is 0.341 e. The van der Waals surface area contributed by atoms with Gasteiger partial charge in [0, 0.05) is 50.2 Å². The Hall–Kier alpha value is -2.92. The summed E-state index contributed by atoms with van der Waals surface area (Å²) >= 11 is 0. The van der Waals surface area contributed by atoms with Gasteiger partial charge in [0.05, 0.1) is 17.3 Å². The number of benzene rings is 1. The van der Waals surface area contributed by atoms with E-state index >= 15 is 0 Å². The van der Waals surface area contributed by atoms with Crippen LogP contribution in [-0.2, 0) is 0 Å². The molecule has 2 fully saturated rings. The molecule has 1 saturated heterocycles. The van der Waals surface area contributed by atoms with Crippen LogP contribution in [0.3, 0.4) is 0 Å². The van der Waals surface area contributed by atoms with Crippen LogP contribution in [0.25, 0.3) is 10.9 Å². The molecule has 0 spiro atoms. The summed E-state index contributed by atoms with van der Waals surface area (Å²) in [5.41, 5.74) is 0.0843. The minimum Gasteiger partial charge on any atom is -0.477 e. The Morgan fingerprint density at radius 3 is 2.59 bits per heavy atom. The highest BCUT2D eigenvalue weighted by Crippen LogP contribution is 2.38. The summed E-state index contributed by atoms with van der Waals surface area (Å²) in [4.78, 5) is 28.3. The largest absolute Gasteiger partial charge is 0.477 e. The number of hydrogen-bond donors (Lipinski definition) is 1. The first-order chi connectivity index (χ1) is 14.0. The second-order valence-electron chi connectivity index (χ2n) is 7.73. The fourth-order valence-electron chi connectivity index (χ4n) is 4.00. The molecule has 1 aromatic heterocycles. The number of rotatable bonds is 6. The summed E-state index contributed by atoms with van der Waals surface area (Å²) in [7, 11) is 0. The van der Waals surface area contributed by atoms with Gasteiger partial charge >= 0.3 is 5.97 Å². The van der Waals surface area contributed by atoms with Gasteiger partial charge in [0.2, 0.25) is 5.43 Å². The van der Waals surface area contributed by atoms with Crippen LogP contribution in [0.4, 0.5) is 10.1 Å². The van der Waals surface area contributed by atoms with E-state index in [1.165, 1.54) is 12.3 Å². The van der Waals surface area contributed by atoms with Gasteiger partial charge < -0.3 is 14.6 Å². The van der Waals surface area contributed by atoms with Gasteiger partial charge in [-0.05, 0) is 37.9 Å². The number of carbonyl (C=O) groups is 1. The van der Waals surface area contributed by atoms with Crippen LogP contribution in [-0.4, -0.2) is 53.3 Å². The Kier molecular flexibility index (Phi) is 5.24. The predicted octanol–water partition coefficient (Wildman–Crippen LogP) is 2.60. The molecule has 0 unspecified atom stereocenters. The monoisotopic (exact) mass is 398 g/mol. The predicted molar refractivity (Wildman–Crippen MR) is 107 cm³/mol. The maximum absolute atomic E-state index is 14.9. The van der Waals surface area contributed by atoms with Crippen molar-refractivity contribution < 1.29 is 14.3 Å². The van der Waals surface area contributed by atoms with Crippen LogP contribution in [0.5, 0.6) is 0 Å². The molecule has 8 heteroatoms. The molecule has 7 nitrogen and oxygen atoms in total. The van der Waals surface area contributed by atoms with Gasteiger partial charge in [0.25, 0.3) is 0 Å². The third kappa shape index (κ3) is 3.83. The first-order valence-electron chi connectivity index (χ1n) is 9.95. The Balaban J connectivity index is 1.65. The number of pyridine rings is 1. The van der Waals surface area contributed by atoms with Crippen LogP contribution in [0.15, 0.2) is 23.1 Å². The highest BCUT2D eigenvalue weighted by Gasteiger charge is 2.28. The second kappa shape index (κ2) is 7.84. The lowest BCUT2D eigenvalue weighted by Crippen LogP contribution is -2.47. The summed E-state index contributed by atoms with van der Waals surface area (Å²) in [5, 5.41) is 18.1. The number of anilines is 1. The molecule has 1 N–H and O–H groups in total. The van der Waals surface area contributed by atoms with Crippen LogP contribution in [0, 0.1) is 17.1 Å². The summed E-state index contributed by atoms with van der Waals surface area (Å²) in [5.74, 6) is -1.79. The molecule has 0 radical (unpaired) electrons. The second-order valence-corrected chi connectivity index (χ2v) is 7.73. The summed E-state index contributed by atoms with van der Waals surface area (Å²) < 4.78 is 16.7. The van der Waals surface area contributed by atoms with E-state index in [2.05, 4.69) is 11.0 Å². The summed E-state index contributed by atoms with van der Waals surface area (Å²) in [6.07, 6.45) is 4.62. The Labute approximate surface area is 167 Å². The summed E-state index contributed by atoms with van der Waals surface area (Å²) in [6, 6.07) is 5.20. The topological polar surface area (TPSA) is 89.6 Å². The quantitative estimate of drug-likeness (QED) is 0.753. The first-order valence-corrected chi connectivity index (χ1v) is 9.95. The zero-order valence-electron chi connectivity index (χ0n) is 16.1. The number of nitrogens with zero attached hydrogens (tertiary/aromatic N) is 4. The van der Waals surface area contributed by atoms with Gasteiger partial charge in [-0.2, -0.15) is 5.26 Å². The number of fused-ring (bicyclic) bond motifs is 1. The van der Waals surface area contributed by atoms with Gasteiger partial charge in [-0.3, -0.25) is 9.69 Å². The first kappa shape index (κ1) is 19.4. The van der Waals surface area contributed by atoms with Crippen molar-refractivity contribution in [1.29, 1.82) is 5.26 Å². The van der Waals surface area contributed by atoms with Crippen LogP contribution >= 0.6 is 0 Å². The third-order valence-electron chi connectivity index (χ3n) is 5.75. The lowest BCUT2D eigenvalue weighted by atomic mass is 10.1. The van der Waals surface area contributed by atoms with Crippen molar-refractivity contribution in [2.45, 2.75) is 31.7 Å². The van der Waals surface area contributed by atoms with Crippen LogP contribution in [0.1, 0.15) is 42.1 Å². The van der Waals surface area contributed by atoms with Gasteiger partial charge in [-0.1, -0.05) is 0 Å². The molecule has 152 valence electrons. The number of unbranched alkanes of at least 4 members (excludes halogenated alkanes) is 1. The van der Waals surface area contributed by atoms with Crippen molar-refractivity contribution in [3.63, 3.8) is 0 Å². The molecule has 0 amide bonds. The number of piperazine rings is 1. The average molecular weight is 398 g/mol. The van der Waals surface area contributed by atoms with Crippen LogP contribution < -0.4 is 10.3 Å². The summed E-state index contributed by atoms with van der Waals surface area (Å²) in [6.45, 7) is 3.76. The fraction of sp³-hybridized carbons (Fsp3) is 0.476. The number of halogens is 1. The van der Waals surface area contributed by atoms with Crippen molar-refractivity contribution >= 4 is 22.6 Å². The van der Waals surface area contributed by atoms with E-state index in [0.29, 0.717) is 30.7 Å². The van der Waals surface area contributed by atoms with Crippen molar-refractivity contribution in [3.8, 4) is 6.07 Å². The number of nitriles is 1. The minimum absolute atomic E-state index is 0.119. The van der Waals surface area contributed by atoms with Gasteiger partial charge in [-0.25, -0.2) is 9.18 Å². The molecule has 4 rings (SSSR count). The lowest BCUT2D eigenvalue weighted by Gasteiger charge is -2.36. The van der Waals surface area contributed by atoms with E-state index in [1.807, 2.05) is 9.47 Å². The van der Waals surface area contributed by atoms with E-state index in [1.54, 1.807) is 6.07 Å². The third-order valence-corrected chi connectivity index (χ3v) is 5.75. The van der Waals surface area contributed by atoms with Gasteiger partial charge in [0.15, 0.2) is 0 Å². The minimum atomic E-state index is -1.29. The molecule has 1 aromatic carbocycles. The molecule has 0 atom stereocenters. The molecule has 1 saturated carbocycles. The zero-order valence-corrected chi connectivity index (χ0v) is 16.1. The Morgan fingerprint density at radius 1 is 1.24 bits per heavy atom. The Bertz CT molecular complexity index is 1050. The maximum atomic E-state index is 14.9. The molecule has 29 heavy (non-hydrogen) atoms. The van der Waals surface area contributed by atoms with E-state index in [4.69, 9.17) is 5.26 Å². The molecular formula is C21H23FN4O3. The molecule has 1 aliphatic heterocycles. The van der Waals surface area contributed by atoms with Crippen molar-refractivity contribution in [3.05, 3.63) is 39.9 Å². The van der Waals surface area contributed by atoms with E-state index in [0.717, 1.165) is 38.9 Å². The number of carboxylic acids is 1. The molecule has 2 aliphatic rings. The van der Waals surface area contributed by atoms with E-state index < -0.39 is 17.2 Å². The van der Waals surface area contributed by atoms with Gasteiger partial charge in [0.1, 0.15) is 11.4 Å². The van der Waals surface area contributed by atoms with E-state index in [-0.39, 0.29) is 17.0 Å². The fourth-order valence-corrected chi connectivity index (χ4v) is 4.00. The maximum Gasteiger partial charge on any atom is 0.341 e. The standard InChI is InChI=1S/C21H23FN4O3/c22-17-11-15-18(26(14-3-4-14)13-16(20(15)27)21(28)29)12-19(17)25-9-7-24(8-10-25)6-2-1-5-23/h11-14H,1-4,6-10H2,(H,28,29). The highest BCUT2D eigenvalue weighted by atomic mass is 19.1. The van der Waals surface area contributed by atoms with E-state index in [9.17, 15) is 19.1 Å². The molecule has 2 aromatic rings.